The molecule has 2 aromatic carbocycles. The monoisotopic (exact) mass is 237 g/mol. The molecule has 18 heavy (non-hydrogen) atoms. The largest absolute Gasteiger partial charge is 0.463 e. The van der Waals surface area contributed by atoms with Crippen LogP contribution in [0.15, 0.2) is 65.3 Å². The lowest BCUT2D eigenvalue weighted by Crippen LogP contribution is -2.10. The summed E-state index contributed by atoms with van der Waals surface area (Å²) in [5.74, 6) is -0.161. The molecule has 0 spiro atoms. The molecular weight excluding hydrogens is 226 g/mol. The Bertz CT molecular complexity index is 686. The zero-order valence-electron chi connectivity index (χ0n) is 9.59. The predicted octanol–water partition coefficient (Wildman–Crippen LogP) is 3.69. The Kier molecular flexibility index (Phi) is 2.57. The number of hydrogen-bond donors (Lipinski definition) is 1. The third-order valence-electron chi connectivity index (χ3n) is 2.76. The van der Waals surface area contributed by atoms with E-state index in [4.69, 9.17) is 4.42 Å². The lowest BCUT2D eigenvalue weighted by molar-refractivity contribution is 0.102. The van der Waals surface area contributed by atoms with Crippen molar-refractivity contribution in [2.45, 2.75) is 0 Å². The van der Waals surface area contributed by atoms with E-state index in [1.165, 1.54) is 6.26 Å². The number of carbonyl (C=O) groups is 1. The summed E-state index contributed by atoms with van der Waals surface area (Å²) in [6, 6.07) is 16.8. The maximum Gasteiger partial charge on any atom is 0.259 e. The van der Waals surface area contributed by atoms with Crippen LogP contribution in [0.2, 0.25) is 0 Å². The first-order chi connectivity index (χ1) is 8.84. The Hall–Kier alpha value is -2.55. The van der Waals surface area contributed by atoms with Crippen molar-refractivity contribution in [3.05, 3.63) is 66.4 Å². The van der Waals surface area contributed by atoms with E-state index >= 15 is 0 Å². The molecule has 3 heteroatoms. The van der Waals surface area contributed by atoms with Crippen molar-refractivity contribution < 1.29 is 9.21 Å². The molecular formula is C15H11NO2. The van der Waals surface area contributed by atoms with Gasteiger partial charge in [-0.1, -0.05) is 36.4 Å². The number of amides is 1. The van der Waals surface area contributed by atoms with Crippen molar-refractivity contribution in [1.29, 1.82) is 0 Å². The fraction of sp³-hybridized carbons (Fsp3) is 0. The first kappa shape index (κ1) is 10.6. The molecule has 0 saturated carbocycles. The van der Waals surface area contributed by atoms with Crippen molar-refractivity contribution in [2.24, 2.45) is 0 Å². The number of benzene rings is 2. The Labute approximate surface area is 104 Å². The van der Waals surface area contributed by atoms with Gasteiger partial charge in [0.1, 0.15) is 11.8 Å². The highest BCUT2D eigenvalue weighted by Crippen LogP contribution is 2.21. The first-order valence-corrected chi connectivity index (χ1v) is 5.67. The van der Waals surface area contributed by atoms with Gasteiger partial charge in [-0.25, -0.2) is 0 Å². The summed E-state index contributed by atoms with van der Waals surface area (Å²) < 4.78 is 5.35. The topological polar surface area (TPSA) is 42.2 Å². The summed E-state index contributed by atoms with van der Waals surface area (Å²) in [5.41, 5.74) is 2.04. The van der Waals surface area contributed by atoms with Gasteiger partial charge >= 0.3 is 0 Å². The highest BCUT2D eigenvalue weighted by atomic mass is 16.3. The average molecular weight is 237 g/mol. The third-order valence-corrected chi connectivity index (χ3v) is 2.76. The minimum absolute atomic E-state index is 0.161. The highest BCUT2D eigenvalue weighted by Gasteiger charge is 2.12. The summed E-state index contributed by atoms with van der Waals surface area (Å²) in [7, 11) is 0. The number of furan rings is 1. The fourth-order valence-electron chi connectivity index (χ4n) is 1.87. The Morgan fingerprint density at radius 2 is 1.67 bits per heavy atom. The van der Waals surface area contributed by atoms with Crippen molar-refractivity contribution in [1.82, 2.24) is 0 Å². The Balaban J connectivity index is 1.93. The zero-order valence-corrected chi connectivity index (χ0v) is 9.59. The van der Waals surface area contributed by atoms with Gasteiger partial charge in [0.05, 0.1) is 5.56 Å². The van der Waals surface area contributed by atoms with Gasteiger partial charge in [0.15, 0.2) is 0 Å². The molecule has 0 saturated heterocycles. The van der Waals surface area contributed by atoms with Crippen LogP contribution in [-0.2, 0) is 0 Å². The SMILES string of the molecule is O=C(Nc1ccccc1)c1coc2ccccc12. The number of anilines is 1. The molecule has 0 radical (unpaired) electrons. The van der Waals surface area contributed by atoms with Crippen LogP contribution in [-0.4, -0.2) is 5.91 Å². The average Bonchev–Trinajstić information content (AvgIpc) is 2.84. The molecule has 1 N–H and O–H groups in total. The molecule has 1 amide bonds. The van der Waals surface area contributed by atoms with Crippen molar-refractivity contribution in [3.63, 3.8) is 0 Å². The van der Waals surface area contributed by atoms with Gasteiger partial charge in [-0.2, -0.15) is 0 Å². The van der Waals surface area contributed by atoms with Crippen LogP contribution in [0.1, 0.15) is 10.4 Å². The molecule has 3 nitrogen and oxygen atoms in total. The van der Waals surface area contributed by atoms with Gasteiger partial charge in [-0.05, 0) is 18.2 Å². The second-order valence-corrected chi connectivity index (χ2v) is 3.97. The van der Waals surface area contributed by atoms with Gasteiger partial charge in [0.25, 0.3) is 5.91 Å². The summed E-state index contributed by atoms with van der Waals surface area (Å²) in [4.78, 5) is 12.1. The maximum absolute atomic E-state index is 12.1. The quantitative estimate of drug-likeness (QED) is 0.738. The lowest BCUT2D eigenvalue weighted by Gasteiger charge is -2.02. The molecule has 88 valence electrons. The van der Waals surface area contributed by atoms with E-state index in [1.54, 1.807) is 0 Å². The molecule has 0 aliphatic heterocycles. The minimum atomic E-state index is -0.161. The Morgan fingerprint density at radius 3 is 2.50 bits per heavy atom. The van der Waals surface area contributed by atoms with E-state index in [9.17, 15) is 4.79 Å². The summed E-state index contributed by atoms with van der Waals surface area (Å²) >= 11 is 0. The smallest absolute Gasteiger partial charge is 0.259 e. The van der Waals surface area contributed by atoms with Gasteiger partial charge in [0.2, 0.25) is 0 Å². The number of rotatable bonds is 2. The third kappa shape index (κ3) is 1.86. The van der Waals surface area contributed by atoms with E-state index < -0.39 is 0 Å². The van der Waals surface area contributed by atoms with Gasteiger partial charge in [0, 0.05) is 11.1 Å². The van der Waals surface area contributed by atoms with E-state index in [0.717, 1.165) is 16.7 Å². The van der Waals surface area contributed by atoms with Gasteiger partial charge in [-0.3, -0.25) is 4.79 Å². The number of hydrogen-bond acceptors (Lipinski definition) is 2. The molecule has 0 aliphatic carbocycles. The van der Waals surface area contributed by atoms with Gasteiger partial charge in [-0.15, -0.1) is 0 Å². The predicted molar refractivity (Wildman–Crippen MR) is 70.6 cm³/mol. The number of nitrogens with one attached hydrogen (secondary N) is 1. The van der Waals surface area contributed by atoms with E-state index in [0.29, 0.717) is 5.56 Å². The van der Waals surface area contributed by atoms with Crippen LogP contribution in [0.25, 0.3) is 11.0 Å². The molecule has 0 bridgehead atoms. The lowest BCUT2D eigenvalue weighted by atomic mass is 10.1. The molecule has 0 aliphatic rings. The van der Waals surface area contributed by atoms with Crippen molar-refractivity contribution in [3.8, 4) is 0 Å². The van der Waals surface area contributed by atoms with Crippen LogP contribution in [0.5, 0.6) is 0 Å². The molecule has 3 aromatic rings. The highest BCUT2D eigenvalue weighted by molar-refractivity contribution is 6.12. The van der Waals surface area contributed by atoms with E-state index in [2.05, 4.69) is 5.32 Å². The van der Waals surface area contributed by atoms with E-state index in [-0.39, 0.29) is 5.91 Å². The Morgan fingerprint density at radius 1 is 0.944 bits per heavy atom. The molecule has 0 unspecified atom stereocenters. The number of para-hydroxylation sites is 2. The molecule has 1 heterocycles. The fourth-order valence-corrected chi connectivity index (χ4v) is 1.87. The number of carbonyl (C=O) groups excluding carboxylic acids is 1. The second kappa shape index (κ2) is 4.37. The molecule has 3 rings (SSSR count). The zero-order chi connectivity index (χ0) is 12.4. The van der Waals surface area contributed by atoms with Crippen molar-refractivity contribution >= 4 is 22.6 Å². The normalized spacial score (nSPS) is 10.4. The van der Waals surface area contributed by atoms with E-state index in [1.807, 2.05) is 54.6 Å². The second-order valence-electron chi connectivity index (χ2n) is 3.97. The summed E-state index contributed by atoms with van der Waals surface area (Å²) in [6.45, 7) is 0. The molecule has 1 aromatic heterocycles. The van der Waals surface area contributed by atoms with Crippen molar-refractivity contribution in [2.75, 3.05) is 5.32 Å². The molecule has 0 atom stereocenters. The number of fused-ring (bicyclic) bond motifs is 1. The molecule has 0 fully saturated rings. The van der Waals surface area contributed by atoms with Crippen LogP contribution in [0.4, 0.5) is 5.69 Å². The minimum Gasteiger partial charge on any atom is -0.463 e. The van der Waals surface area contributed by atoms with Crippen LogP contribution >= 0.6 is 0 Å². The maximum atomic E-state index is 12.1. The standard InChI is InChI=1S/C15H11NO2/c17-15(16-11-6-2-1-3-7-11)13-10-18-14-9-5-4-8-12(13)14/h1-10H,(H,16,17). The van der Waals surface area contributed by atoms with Crippen LogP contribution in [0, 0.1) is 0 Å². The van der Waals surface area contributed by atoms with Gasteiger partial charge < -0.3 is 9.73 Å². The van der Waals surface area contributed by atoms with Crippen LogP contribution < -0.4 is 5.32 Å². The summed E-state index contributed by atoms with van der Waals surface area (Å²) in [6.07, 6.45) is 1.49. The summed E-state index contributed by atoms with van der Waals surface area (Å²) in [5, 5.41) is 3.66. The first-order valence-electron chi connectivity index (χ1n) is 5.67. The van der Waals surface area contributed by atoms with Crippen LogP contribution in [0.3, 0.4) is 0 Å².